The van der Waals surface area contributed by atoms with Gasteiger partial charge in [-0.3, -0.25) is 9.69 Å². The first kappa shape index (κ1) is 31.5. The SMILES string of the molecule is C#Cc1c(F)ccc2cc(O)cc([C@@H]3COc4c(nc(OC[C@]5(C)C[C@@H](F)CN5C)nc4N4CCCCC(NC(=O)C=C)C4)C3)c12. The summed E-state index contributed by atoms with van der Waals surface area (Å²) in [5.74, 6) is 2.52. The maximum atomic E-state index is 14.8. The molecule has 3 aliphatic heterocycles. The molecule has 4 atom stereocenters. The van der Waals surface area contributed by atoms with Crippen molar-refractivity contribution in [3.05, 3.63) is 59.6 Å². The van der Waals surface area contributed by atoms with Gasteiger partial charge in [-0.25, -0.2) is 8.78 Å². The molecule has 0 saturated carbocycles. The van der Waals surface area contributed by atoms with E-state index < -0.39 is 17.5 Å². The number of rotatable bonds is 7. The molecular formula is C35H39F2N5O4. The predicted octanol–water partition coefficient (Wildman–Crippen LogP) is 4.65. The van der Waals surface area contributed by atoms with Crippen molar-refractivity contribution in [3.8, 4) is 29.9 Å². The van der Waals surface area contributed by atoms with Crippen molar-refractivity contribution in [3.63, 3.8) is 0 Å². The lowest BCUT2D eigenvalue weighted by Gasteiger charge is -2.33. The third-order valence-corrected chi connectivity index (χ3v) is 9.50. The molecule has 9 nitrogen and oxygen atoms in total. The van der Waals surface area contributed by atoms with E-state index in [1.807, 2.05) is 18.9 Å². The summed E-state index contributed by atoms with van der Waals surface area (Å²) in [5.41, 5.74) is 0.849. The fourth-order valence-electron chi connectivity index (χ4n) is 6.94. The molecule has 0 bridgehead atoms. The topological polar surface area (TPSA) is 100 Å². The van der Waals surface area contributed by atoms with E-state index in [9.17, 15) is 18.7 Å². The van der Waals surface area contributed by atoms with Gasteiger partial charge in [0.15, 0.2) is 11.6 Å². The quantitative estimate of drug-likeness (QED) is 0.287. The van der Waals surface area contributed by atoms with Crippen molar-refractivity contribution >= 4 is 22.5 Å². The summed E-state index contributed by atoms with van der Waals surface area (Å²) in [6, 6.07) is 6.08. The first-order chi connectivity index (χ1) is 22.1. The molecule has 6 rings (SSSR count). The molecule has 2 fully saturated rings. The molecular weight excluding hydrogens is 592 g/mol. The van der Waals surface area contributed by atoms with E-state index in [-0.39, 0.29) is 48.4 Å². The van der Waals surface area contributed by atoms with Crippen LogP contribution in [0, 0.1) is 18.2 Å². The first-order valence-corrected chi connectivity index (χ1v) is 15.7. The van der Waals surface area contributed by atoms with Crippen molar-refractivity contribution in [1.82, 2.24) is 20.2 Å². The van der Waals surface area contributed by atoms with Gasteiger partial charge in [0.2, 0.25) is 5.91 Å². The number of carbonyl (C=O) groups is 1. The highest BCUT2D eigenvalue weighted by Crippen LogP contribution is 2.42. The van der Waals surface area contributed by atoms with Gasteiger partial charge >= 0.3 is 6.01 Å². The summed E-state index contributed by atoms with van der Waals surface area (Å²) in [4.78, 5) is 25.8. The van der Waals surface area contributed by atoms with Crippen LogP contribution in [0.1, 0.15) is 55.3 Å². The summed E-state index contributed by atoms with van der Waals surface area (Å²) < 4.78 is 41.8. The van der Waals surface area contributed by atoms with Crippen LogP contribution >= 0.6 is 0 Å². The van der Waals surface area contributed by atoms with Gasteiger partial charge in [0.05, 0.1) is 23.4 Å². The summed E-state index contributed by atoms with van der Waals surface area (Å²) in [5, 5.41) is 14.8. The molecule has 2 aromatic carbocycles. The minimum absolute atomic E-state index is 0.0348. The van der Waals surface area contributed by atoms with E-state index in [2.05, 4.69) is 22.7 Å². The normalized spacial score (nSPS) is 24.8. The highest BCUT2D eigenvalue weighted by atomic mass is 19.1. The van der Waals surface area contributed by atoms with Crippen LogP contribution in [0.4, 0.5) is 14.6 Å². The predicted molar refractivity (Wildman–Crippen MR) is 172 cm³/mol. The number of ether oxygens (including phenoxy) is 2. The number of hydrogen-bond acceptors (Lipinski definition) is 8. The monoisotopic (exact) mass is 631 g/mol. The molecule has 3 aromatic rings. The number of carbonyl (C=O) groups excluding carboxylic acids is 1. The van der Waals surface area contributed by atoms with Crippen LogP contribution in [-0.4, -0.2) is 83.5 Å². The maximum Gasteiger partial charge on any atom is 0.318 e. The lowest BCUT2D eigenvalue weighted by Crippen LogP contribution is -2.44. The van der Waals surface area contributed by atoms with E-state index in [0.717, 1.165) is 19.3 Å². The van der Waals surface area contributed by atoms with Crippen molar-refractivity contribution < 1.29 is 28.2 Å². The van der Waals surface area contributed by atoms with Gasteiger partial charge in [-0.05, 0) is 68.5 Å². The molecule has 0 radical (unpaired) electrons. The molecule has 1 amide bonds. The van der Waals surface area contributed by atoms with E-state index >= 15 is 0 Å². The third-order valence-electron chi connectivity index (χ3n) is 9.50. The summed E-state index contributed by atoms with van der Waals surface area (Å²) in [6.07, 6.45) is 9.40. The van der Waals surface area contributed by atoms with Crippen LogP contribution in [0.2, 0.25) is 0 Å². The molecule has 0 aliphatic carbocycles. The van der Waals surface area contributed by atoms with Gasteiger partial charge in [0, 0.05) is 49.8 Å². The Morgan fingerprint density at radius 3 is 2.89 bits per heavy atom. The molecule has 11 heteroatoms. The van der Waals surface area contributed by atoms with E-state index in [1.165, 1.54) is 12.1 Å². The molecule has 0 spiro atoms. The second-order valence-electron chi connectivity index (χ2n) is 12.8. The molecule has 1 aromatic heterocycles. The highest BCUT2D eigenvalue weighted by molar-refractivity contribution is 5.93. The smallest absolute Gasteiger partial charge is 0.318 e. The maximum absolute atomic E-state index is 14.8. The molecule has 3 aliphatic rings. The number of nitrogens with one attached hydrogen (secondary N) is 1. The second-order valence-corrected chi connectivity index (χ2v) is 12.8. The summed E-state index contributed by atoms with van der Waals surface area (Å²) in [7, 11) is 1.88. The Morgan fingerprint density at radius 2 is 2.15 bits per heavy atom. The van der Waals surface area contributed by atoms with Crippen molar-refractivity contribution in [2.75, 3.05) is 44.8 Å². The van der Waals surface area contributed by atoms with E-state index in [1.54, 1.807) is 18.2 Å². The van der Waals surface area contributed by atoms with E-state index in [4.69, 9.17) is 25.9 Å². The van der Waals surface area contributed by atoms with Crippen molar-refractivity contribution in [2.24, 2.45) is 0 Å². The number of likely N-dealkylation sites (N-methyl/N-ethyl adjacent to an activating group) is 1. The molecule has 242 valence electrons. The van der Waals surface area contributed by atoms with Crippen molar-refractivity contribution in [1.29, 1.82) is 0 Å². The lowest BCUT2D eigenvalue weighted by atomic mass is 9.87. The van der Waals surface area contributed by atoms with Crippen LogP contribution in [0.25, 0.3) is 10.8 Å². The van der Waals surface area contributed by atoms with E-state index in [0.29, 0.717) is 66.1 Å². The van der Waals surface area contributed by atoms with Crippen molar-refractivity contribution in [2.45, 2.75) is 62.7 Å². The number of benzene rings is 2. The number of hydrogen-bond donors (Lipinski definition) is 2. The molecule has 1 unspecified atom stereocenters. The number of amides is 1. The van der Waals surface area contributed by atoms with Gasteiger partial charge in [0.1, 0.15) is 24.3 Å². The number of aromatic nitrogens is 2. The Kier molecular flexibility index (Phi) is 8.75. The number of halogens is 2. The van der Waals surface area contributed by atoms with Crippen LogP contribution in [0.3, 0.4) is 0 Å². The minimum atomic E-state index is -0.942. The van der Waals surface area contributed by atoms with Crippen LogP contribution in [-0.2, 0) is 11.2 Å². The highest BCUT2D eigenvalue weighted by Gasteiger charge is 2.41. The average molecular weight is 632 g/mol. The summed E-state index contributed by atoms with van der Waals surface area (Å²) in [6.45, 7) is 7.46. The van der Waals surface area contributed by atoms with Gasteiger partial charge in [-0.15, -0.1) is 6.42 Å². The van der Waals surface area contributed by atoms with Gasteiger partial charge in [-0.2, -0.15) is 9.97 Å². The number of phenolic OH excluding ortho intramolecular Hbond substituents is 1. The fraction of sp³-hybridized carbons (Fsp3) is 0.457. The Labute approximate surface area is 267 Å². The van der Waals surface area contributed by atoms with Gasteiger partial charge in [-0.1, -0.05) is 18.6 Å². The lowest BCUT2D eigenvalue weighted by molar-refractivity contribution is -0.117. The number of likely N-dealkylation sites (tertiary alicyclic amines) is 1. The van der Waals surface area contributed by atoms with Crippen LogP contribution in [0.15, 0.2) is 36.9 Å². The number of aromatic hydroxyl groups is 1. The van der Waals surface area contributed by atoms with Crippen LogP contribution in [0.5, 0.6) is 17.5 Å². The first-order valence-electron chi connectivity index (χ1n) is 15.7. The van der Waals surface area contributed by atoms with Gasteiger partial charge in [0.25, 0.3) is 0 Å². The number of fused-ring (bicyclic) bond motifs is 2. The average Bonchev–Trinajstić information content (AvgIpc) is 3.16. The molecule has 2 N–H and O–H groups in total. The Bertz CT molecular complexity index is 1710. The molecule has 4 heterocycles. The fourth-order valence-corrected chi connectivity index (χ4v) is 6.94. The number of terminal acetylenes is 1. The largest absolute Gasteiger partial charge is 0.508 e. The second kappa shape index (κ2) is 12.8. The Morgan fingerprint density at radius 1 is 1.33 bits per heavy atom. The third kappa shape index (κ3) is 6.18. The zero-order valence-corrected chi connectivity index (χ0v) is 26.2. The molecule has 2 saturated heterocycles. The standard InChI is InChI=1S/C35H39F2N5O4/c1-5-26-28(37)11-10-21-13-25(43)15-27(31(21)26)22-14-29-32(45-19-22)33(42-12-8-7-9-24(18-42)38-30(44)6-2)40-34(39-29)46-20-35(3)16-23(36)17-41(35)4/h1,6,10-11,13,15,22-24,43H,2,7-9,12,14,16-20H2,3-4H3,(H,38,44)/t22-,23+,24?,35-/m0/s1. The Balaban J connectivity index is 1.39. The number of anilines is 1. The van der Waals surface area contributed by atoms with Gasteiger partial charge < -0.3 is 24.8 Å². The number of phenols is 1. The minimum Gasteiger partial charge on any atom is -0.508 e. The number of nitrogens with zero attached hydrogens (tertiary/aromatic N) is 4. The van der Waals surface area contributed by atoms with Crippen LogP contribution < -0.4 is 19.7 Å². The number of alkyl halides is 1. The zero-order chi connectivity index (χ0) is 32.6. The molecule has 46 heavy (non-hydrogen) atoms. The Hall–Kier alpha value is -4.43. The zero-order valence-electron chi connectivity index (χ0n) is 26.2. The summed E-state index contributed by atoms with van der Waals surface area (Å²) >= 11 is 0.